The average Bonchev–Trinajstić information content (AvgIpc) is 2.91. The zero-order chi connectivity index (χ0) is 17.3. The Balaban J connectivity index is 1.87. The summed E-state index contributed by atoms with van der Waals surface area (Å²) in [5, 5.41) is 12.1. The molecule has 0 saturated carbocycles. The largest absolute Gasteiger partial charge is 0.479 e. The molecule has 1 amide bonds. The number of fused-ring (bicyclic) bond motifs is 1. The van der Waals surface area contributed by atoms with Gasteiger partial charge in [0.1, 0.15) is 11.5 Å². The lowest BCUT2D eigenvalue weighted by molar-refractivity contribution is -0.139. The van der Waals surface area contributed by atoms with Crippen molar-refractivity contribution >= 4 is 11.9 Å². The Kier molecular flexibility index (Phi) is 4.38. The zero-order valence-corrected chi connectivity index (χ0v) is 13.9. The van der Waals surface area contributed by atoms with Gasteiger partial charge in [-0.25, -0.2) is 9.78 Å². The number of nitrogens with zero attached hydrogens (tertiary/aromatic N) is 2. The lowest BCUT2D eigenvalue weighted by Crippen LogP contribution is -2.34. The summed E-state index contributed by atoms with van der Waals surface area (Å²) in [6.45, 7) is 4.67. The molecule has 0 spiro atoms. The average molecular weight is 327 g/mol. The molecule has 0 fully saturated rings. The number of aliphatic carboxylic acids is 1. The van der Waals surface area contributed by atoms with Gasteiger partial charge in [-0.05, 0) is 38.7 Å². The van der Waals surface area contributed by atoms with Crippen molar-refractivity contribution in [2.24, 2.45) is 0 Å². The van der Waals surface area contributed by atoms with Crippen LogP contribution in [0.2, 0.25) is 0 Å². The van der Waals surface area contributed by atoms with Gasteiger partial charge in [0.05, 0.1) is 5.69 Å². The Morgan fingerprint density at radius 1 is 1.21 bits per heavy atom. The van der Waals surface area contributed by atoms with Crippen LogP contribution in [0.15, 0.2) is 24.3 Å². The molecular formula is C18H21N3O3. The van der Waals surface area contributed by atoms with E-state index in [1.807, 2.05) is 26.0 Å². The van der Waals surface area contributed by atoms with Crippen LogP contribution in [0, 0.1) is 13.8 Å². The van der Waals surface area contributed by atoms with Crippen LogP contribution in [0.1, 0.15) is 52.0 Å². The van der Waals surface area contributed by atoms with Gasteiger partial charge >= 0.3 is 5.97 Å². The fourth-order valence-corrected chi connectivity index (χ4v) is 3.15. The number of carbonyl (C=O) groups excluding carboxylic acids is 1. The fraction of sp³-hybridized carbons (Fsp3) is 0.389. The Hall–Kier alpha value is -2.63. The number of carboxylic acids is 1. The van der Waals surface area contributed by atoms with Gasteiger partial charge in [0, 0.05) is 6.54 Å². The first-order valence-corrected chi connectivity index (χ1v) is 8.13. The summed E-state index contributed by atoms with van der Waals surface area (Å²) in [6.07, 6.45) is 2.89. The number of benzene rings is 1. The van der Waals surface area contributed by atoms with Crippen molar-refractivity contribution in [2.75, 3.05) is 0 Å². The number of rotatable bonds is 4. The van der Waals surface area contributed by atoms with Gasteiger partial charge in [-0.2, -0.15) is 0 Å². The Morgan fingerprint density at radius 3 is 2.58 bits per heavy atom. The maximum atomic E-state index is 12.6. The van der Waals surface area contributed by atoms with Crippen molar-refractivity contribution < 1.29 is 14.7 Å². The number of aryl methyl sites for hydroxylation is 2. The number of imidazole rings is 1. The van der Waals surface area contributed by atoms with Crippen molar-refractivity contribution in [3.8, 4) is 0 Å². The highest BCUT2D eigenvalue weighted by Gasteiger charge is 2.27. The molecule has 1 atom stereocenters. The van der Waals surface area contributed by atoms with E-state index in [1.165, 1.54) is 0 Å². The first-order valence-electron chi connectivity index (χ1n) is 8.13. The summed E-state index contributed by atoms with van der Waals surface area (Å²) in [6, 6.07) is 6.03. The molecule has 1 aromatic heterocycles. The van der Waals surface area contributed by atoms with Crippen LogP contribution in [-0.4, -0.2) is 26.5 Å². The molecular weight excluding hydrogens is 306 g/mol. The predicted octanol–water partition coefficient (Wildman–Crippen LogP) is 2.39. The van der Waals surface area contributed by atoms with Crippen LogP contribution < -0.4 is 5.32 Å². The highest BCUT2D eigenvalue weighted by atomic mass is 16.4. The van der Waals surface area contributed by atoms with Gasteiger partial charge in [0.2, 0.25) is 0 Å². The Morgan fingerprint density at radius 2 is 1.92 bits per heavy atom. The van der Waals surface area contributed by atoms with Crippen LogP contribution >= 0.6 is 0 Å². The smallest absolute Gasteiger partial charge is 0.330 e. The molecule has 1 unspecified atom stereocenters. The molecule has 126 valence electrons. The Labute approximate surface area is 140 Å². The van der Waals surface area contributed by atoms with Gasteiger partial charge < -0.3 is 15.0 Å². The molecule has 6 nitrogen and oxygen atoms in total. The molecule has 1 aliphatic rings. The van der Waals surface area contributed by atoms with E-state index in [0.29, 0.717) is 11.3 Å². The third-order valence-electron chi connectivity index (χ3n) is 4.46. The van der Waals surface area contributed by atoms with E-state index in [-0.39, 0.29) is 0 Å². The first-order chi connectivity index (χ1) is 11.5. The zero-order valence-electron chi connectivity index (χ0n) is 13.9. The van der Waals surface area contributed by atoms with E-state index in [4.69, 9.17) is 0 Å². The fourth-order valence-electron chi connectivity index (χ4n) is 3.15. The van der Waals surface area contributed by atoms with E-state index >= 15 is 0 Å². The third kappa shape index (κ3) is 3.04. The molecule has 0 bridgehead atoms. The second-order valence-corrected chi connectivity index (χ2v) is 6.22. The number of nitrogens with one attached hydrogen (secondary N) is 1. The second kappa shape index (κ2) is 6.47. The highest BCUT2D eigenvalue weighted by Crippen LogP contribution is 2.22. The summed E-state index contributed by atoms with van der Waals surface area (Å²) < 4.78 is 2.06. The monoisotopic (exact) mass is 327 g/mol. The SMILES string of the molecule is Cc1ccc(C(NC(=O)c2nc(C)n3c2CCCC3)C(=O)O)cc1. The lowest BCUT2D eigenvalue weighted by Gasteiger charge is -2.18. The van der Waals surface area contributed by atoms with E-state index < -0.39 is 17.9 Å². The minimum atomic E-state index is -1.09. The molecule has 0 aliphatic carbocycles. The summed E-state index contributed by atoms with van der Waals surface area (Å²) >= 11 is 0. The van der Waals surface area contributed by atoms with Crippen LogP contribution in [-0.2, 0) is 17.8 Å². The van der Waals surface area contributed by atoms with Gasteiger partial charge in [0.25, 0.3) is 5.91 Å². The number of hydrogen-bond acceptors (Lipinski definition) is 3. The van der Waals surface area contributed by atoms with Crippen molar-refractivity contribution in [1.82, 2.24) is 14.9 Å². The van der Waals surface area contributed by atoms with Crippen molar-refractivity contribution in [2.45, 2.75) is 45.7 Å². The van der Waals surface area contributed by atoms with E-state index in [2.05, 4.69) is 14.9 Å². The first kappa shape index (κ1) is 16.2. The van der Waals surface area contributed by atoms with Crippen molar-refractivity contribution in [3.63, 3.8) is 0 Å². The minimum Gasteiger partial charge on any atom is -0.479 e. The normalized spacial score (nSPS) is 14.8. The highest BCUT2D eigenvalue weighted by molar-refractivity contribution is 5.96. The molecule has 0 saturated heterocycles. The molecule has 6 heteroatoms. The summed E-state index contributed by atoms with van der Waals surface area (Å²) in [7, 11) is 0. The number of carboxylic acid groups (broad SMARTS) is 1. The molecule has 3 rings (SSSR count). The number of amides is 1. The van der Waals surface area contributed by atoms with Crippen LogP contribution in [0.4, 0.5) is 0 Å². The topological polar surface area (TPSA) is 84.2 Å². The van der Waals surface area contributed by atoms with E-state index in [9.17, 15) is 14.7 Å². The van der Waals surface area contributed by atoms with Gasteiger partial charge in [-0.3, -0.25) is 4.79 Å². The molecule has 24 heavy (non-hydrogen) atoms. The van der Waals surface area contributed by atoms with Crippen LogP contribution in [0.5, 0.6) is 0 Å². The maximum absolute atomic E-state index is 12.6. The van der Waals surface area contributed by atoms with E-state index in [1.54, 1.807) is 12.1 Å². The Bertz CT molecular complexity index is 778. The standard InChI is InChI=1S/C18H21N3O3/c1-11-6-8-13(9-7-11)15(18(23)24)20-17(22)16-14-5-3-4-10-21(14)12(2)19-16/h6-9,15H,3-5,10H2,1-2H3,(H,20,22)(H,23,24). The molecule has 1 aromatic carbocycles. The van der Waals surface area contributed by atoms with Gasteiger partial charge in [-0.1, -0.05) is 29.8 Å². The number of aromatic nitrogens is 2. The number of carbonyl (C=O) groups is 2. The number of hydrogen-bond donors (Lipinski definition) is 2. The molecule has 0 radical (unpaired) electrons. The van der Waals surface area contributed by atoms with Gasteiger partial charge in [0.15, 0.2) is 6.04 Å². The van der Waals surface area contributed by atoms with Gasteiger partial charge in [-0.15, -0.1) is 0 Å². The summed E-state index contributed by atoms with van der Waals surface area (Å²) in [4.78, 5) is 28.6. The lowest BCUT2D eigenvalue weighted by atomic mass is 10.0. The maximum Gasteiger partial charge on any atom is 0.330 e. The molecule has 2 aromatic rings. The van der Waals surface area contributed by atoms with Crippen LogP contribution in [0.3, 0.4) is 0 Å². The summed E-state index contributed by atoms with van der Waals surface area (Å²) in [5.74, 6) is -0.712. The quantitative estimate of drug-likeness (QED) is 0.903. The predicted molar refractivity (Wildman–Crippen MR) is 88.9 cm³/mol. The molecule has 2 heterocycles. The second-order valence-electron chi connectivity index (χ2n) is 6.22. The van der Waals surface area contributed by atoms with Crippen molar-refractivity contribution in [3.05, 3.63) is 52.6 Å². The van der Waals surface area contributed by atoms with E-state index in [0.717, 1.165) is 42.9 Å². The van der Waals surface area contributed by atoms with Crippen molar-refractivity contribution in [1.29, 1.82) is 0 Å². The third-order valence-corrected chi connectivity index (χ3v) is 4.46. The summed E-state index contributed by atoms with van der Waals surface area (Å²) in [5.41, 5.74) is 2.84. The van der Waals surface area contributed by atoms with Crippen LogP contribution in [0.25, 0.3) is 0 Å². The molecule has 2 N–H and O–H groups in total. The minimum absolute atomic E-state index is 0.352. The molecule has 1 aliphatic heterocycles.